The minimum absolute atomic E-state index is 0.799. The summed E-state index contributed by atoms with van der Waals surface area (Å²) in [6, 6.07) is 6.30. The largest absolute Gasteiger partial charge is 0.472 e. The van der Waals surface area contributed by atoms with Crippen LogP contribution in [0.3, 0.4) is 0 Å². The zero-order valence-corrected chi connectivity index (χ0v) is 14.4. The Morgan fingerprint density at radius 2 is 1.83 bits per heavy atom. The quantitative estimate of drug-likeness (QED) is 0.699. The monoisotopic (exact) mass is 342 g/mol. The van der Waals surface area contributed by atoms with Crippen molar-refractivity contribution in [1.29, 1.82) is 0 Å². The third-order valence-electron chi connectivity index (χ3n) is 4.59. The molecule has 5 heteroatoms. The Labute approximate surface area is 145 Å². The molecule has 0 radical (unpaired) electrons. The number of piperidine rings is 1. The Bertz CT molecular complexity index is 689. The second kappa shape index (κ2) is 7.38. The number of hydrogen-bond acceptors (Lipinski definition) is 5. The summed E-state index contributed by atoms with van der Waals surface area (Å²) in [6.45, 7) is 4.32. The van der Waals surface area contributed by atoms with Gasteiger partial charge in [0.2, 0.25) is 0 Å². The molecule has 126 valence electrons. The molecule has 0 amide bonds. The van der Waals surface area contributed by atoms with Crippen LogP contribution in [0, 0.1) is 5.92 Å². The van der Waals surface area contributed by atoms with Crippen LogP contribution in [0.25, 0.3) is 21.6 Å². The van der Waals surface area contributed by atoms with Gasteiger partial charge in [-0.25, -0.2) is 0 Å². The van der Waals surface area contributed by atoms with Crippen LogP contribution < -0.4 is 10.6 Å². The van der Waals surface area contributed by atoms with Crippen molar-refractivity contribution in [3.8, 4) is 21.6 Å². The SMILES string of the molecule is c1cc(-c2cc(CNCC3CCNCC3)sc2-c2ccoc2)co1. The molecule has 0 atom stereocenters. The van der Waals surface area contributed by atoms with Gasteiger partial charge in [0.25, 0.3) is 0 Å². The fourth-order valence-corrected chi connectivity index (χ4v) is 4.39. The van der Waals surface area contributed by atoms with E-state index in [0.29, 0.717) is 0 Å². The highest BCUT2D eigenvalue weighted by Crippen LogP contribution is 2.39. The van der Waals surface area contributed by atoms with Gasteiger partial charge in [-0.05, 0) is 56.6 Å². The van der Waals surface area contributed by atoms with Gasteiger partial charge < -0.3 is 19.5 Å². The molecule has 4 rings (SSSR count). The molecule has 0 spiro atoms. The number of nitrogens with one attached hydrogen (secondary N) is 2. The predicted molar refractivity (Wildman–Crippen MR) is 97.0 cm³/mol. The molecule has 4 nitrogen and oxygen atoms in total. The molecule has 0 unspecified atom stereocenters. The van der Waals surface area contributed by atoms with Gasteiger partial charge in [0.15, 0.2) is 0 Å². The first-order valence-electron chi connectivity index (χ1n) is 8.49. The van der Waals surface area contributed by atoms with E-state index in [4.69, 9.17) is 8.83 Å². The van der Waals surface area contributed by atoms with Crippen LogP contribution in [0.15, 0.2) is 52.1 Å². The van der Waals surface area contributed by atoms with Crippen molar-refractivity contribution in [2.24, 2.45) is 5.92 Å². The van der Waals surface area contributed by atoms with Gasteiger partial charge in [-0.1, -0.05) is 0 Å². The van der Waals surface area contributed by atoms with Crippen LogP contribution in [-0.2, 0) is 6.54 Å². The Kier molecular flexibility index (Phi) is 4.83. The number of thiophene rings is 1. The van der Waals surface area contributed by atoms with E-state index in [1.54, 1.807) is 18.8 Å². The van der Waals surface area contributed by atoms with Gasteiger partial charge in [0.05, 0.1) is 25.1 Å². The van der Waals surface area contributed by atoms with Crippen LogP contribution in [0.2, 0.25) is 0 Å². The van der Waals surface area contributed by atoms with E-state index >= 15 is 0 Å². The lowest BCUT2D eigenvalue weighted by atomic mass is 9.98. The molecule has 24 heavy (non-hydrogen) atoms. The van der Waals surface area contributed by atoms with E-state index in [-0.39, 0.29) is 0 Å². The van der Waals surface area contributed by atoms with Gasteiger partial charge in [-0.15, -0.1) is 11.3 Å². The van der Waals surface area contributed by atoms with Crippen LogP contribution >= 0.6 is 11.3 Å². The highest BCUT2D eigenvalue weighted by Gasteiger charge is 2.16. The van der Waals surface area contributed by atoms with Gasteiger partial charge in [0, 0.05) is 33.0 Å². The minimum Gasteiger partial charge on any atom is -0.472 e. The summed E-state index contributed by atoms with van der Waals surface area (Å²) in [5.74, 6) is 0.799. The first-order chi connectivity index (χ1) is 11.9. The Morgan fingerprint density at radius 1 is 1.08 bits per heavy atom. The highest BCUT2D eigenvalue weighted by atomic mass is 32.1. The number of rotatable bonds is 6. The van der Waals surface area contributed by atoms with Crippen molar-refractivity contribution in [3.63, 3.8) is 0 Å². The average molecular weight is 342 g/mol. The van der Waals surface area contributed by atoms with Gasteiger partial charge >= 0.3 is 0 Å². The Balaban J connectivity index is 1.48. The van der Waals surface area contributed by atoms with E-state index in [2.05, 4.69) is 16.7 Å². The molecule has 0 aromatic carbocycles. The van der Waals surface area contributed by atoms with Crippen molar-refractivity contribution in [1.82, 2.24) is 10.6 Å². The molecule has 0 saturated carbocycles. The maximum atomic E-state index is 5.27. The Morgan fingerprint density at radius 3 is 2.54 bits per heavy atom. The van der Waals surface area contributed by atoms with E-state index in [0.717, 1.165) is 43.2 Å². The summed E-state index contributed by atoms with van der Waals surface area (Å²) in [6.07, 6.45) is 9.61. The summed E-state index contributed by atoms with van der Waals surface area (Å²) in [5, 5.41) is 7.06. The molecular formula is C19H22N2O2S. The van der Waals surface area contributed by atoms with Crippen molar-refractivity contribution >= 4 is 11.3 Å². The lowest BCUT2D eigenvalue weighted by Gasteiger charge is -2.22. The van der Waals surface area contributed by atoms with E-state index < -0.39 is 0 Å². The van der Waals surface area contributed by atoms with E-state index in [1.807, 2.05) is 29.7 Å². The smallest absolute Gasteiger partial charge is 0.0989 e. The van der Waals surface area contributed by atoms with Crippen molar-refractivity contribution in [2.45, 2.75) is 19.4 Å². The lowest BCUT2D eigenvalue weighted by molar-refractivity contribution is 0.357. The van der Waals surface area contributed by atoms with Gasteiger partial charge in [-0.3, -0.25) is 0 Å². The van der Waals surface area contributed by atoms with Crippen molar-refractivity contribution in [2.75, 3.05) is 19.6 Å². The third-order valence-corrected chi connectivity index (χ3v) is 5.77. The fraction of sp³-hybridized carbons (Fsp3) is 0.368. The molecular weight excluding hydrogens is 320 g/mol. The van der Waals surface area contributed by atoms with Crippen LogP contribution in [-0.4, -0.2) is 19.6 Å². The molecule has 0 bridgehead atoms. The van der Waals surface area contributed by atoms with Gasteiger partial charge in [0.1, 0.15) is 0 Å². The van der Waals surface area contributed by atoms with Crippen LogP contribution in [0.4, 0.5) is 0 Å². The maximum Gasteiger partial charge on any atom is 0.0989 e. The molecule has 1 saturated heterocycles. The highest BCUT2D eigenvalue weighted by molar-refractivity contribution is 7.16. The molecule has 1 aliphatic rings. The van der Waals surface area contributed by atoms with Crippen LogP contribution in [0.1, 0.15) is 17.7 Å². The molecule has 4 heterocycles. The molecule has 3 aromatic rings. The molecule has 2 N–H and O–H groups in total. The van der Waals surface area contributed by atoms with Crippen molar-refractivity contribution in [3.05, 3.63) is 48.1 Å². The minimum atomic E-state index is 0.799. The summed E-state index contributed by atoms with van der Waals surface area (Å²) < 4.78 is 10.5. The first kappa shape index (κ1) is 15.7. The van der Waals surface area contributed by atoms with E-state index in [9.17, 15) is 0 Å². The van der Waals surface area contributed by atoms with Crippen molar-refractivity contribution < 1.29 is 8.83 Å². The zero-order valence-electron chi connectivity index (χ0n) is 13.6. The standard InChI is InChI=1S/C19H22N2O2S/c1-5-20-6-2-14(1)10-21-11-17-9-18(15-3-7-22-12-15)19(24-17)16-4-8-23-13-16/h3-4,7-9,12-14,20-21H,1-2,5-6,10-11H2. The molecule has 1 fully saturated rings. The fourth-order valence-electron chi connectivity index (χ4n) is 3.25. The summed E-state index contributed by atoms with van der Waals surface area (Å²) in [7, 11) is 0. The summed E-state index contributed by atoms with van der Waals surface area (Å²) in [5.41, 5.74) is 3.46. The maximum absolute atomic E-state index is 5.27. The Hall–Kier alpha value is -1.82. The average Bonchev–Trinajstić information content (AvgIpc) is 3.36. The molecule has 0 aliphatic carbocycles. The second-order valence-corrected chi connectivity index (χ2v) is 7.44. The third kappa shape index (κ3) is 3.48. The van der Waals surface area contributed by atoms with Crippen LogP contribution in [0.5, 0.6) is 0 Å². The number of hydrogen-bond donors (Lipinski definition) is 2. The molecule has 3 aromatic heterocycles. The van der Waals surface area contributed by atoms with E-state index in [1.165, 1.54) is 28.2 Å². The topological polar surface area (TPSA) is 50.3 Å². The first-order valence-corrected chi connectivity index (χ1v) is 9.31. The zero-order chi connectivity index (χ0) is 16.2. The molecule has 1 aliphatic heterocycles. The summed E-state index contributed by atoms with van der Waals surface area (Å²) >= 11 is 1.83. The lowest BCUT2D eigenvalue weighted by Crippen LogP contribution is -2.33. The second-order valence-electron chi connectivity index (χ2n) is 6.30. The normalized spacial score (nSPS) is 15.8. The van der Waals surface area contributed by atoms with Gasteiger partial charge in [-0.2, -0.15) is 0 Å². The predicted octanol–water partition coefficient (Wildman–Crippen LogP) is 4.36. The number of furan rings is 2. The summed E-state index contributed by atoms with van der Waals surface area (Å²) in [4.78, 5) is 2.58.